The Kier molecular flexibility index (Phi) is 5.14. The van der Waals surface area contributed by atoms with E-state index in [1.165, 1.54) is 0 Å². The molecule has 1 aliphatic rings. The Hall–Kier alpha value is -4.72. The van der Waals surface area contributed by atoms with Gasteiger partial charge in [0.2, 0.25) is 0 Å². The van der Waals surface area contributed by atoms with Gasteiger partial charge in [-0.05, 0) is 43.0 Å². The van der Waals surface area contributed by atoms with Crippen LogP contribution in [0.4, 0.5) is 4.79 Å². The lowest BCUT2D eigenvalue weighted by Crippen LogP contribution is -2.40. The van der Waals surface area contributed by atoms with E-state index < -0.39 is 11.7 Å². The molecule has 2 aromatic carbocycles. The first kappa shape index (κ1) is 21.8. The molecule has 178 valence electrons. The van der Waals surface area contributed by atoms with E-state index in [1.807, 2.05) is 71.2 Å². The average Bonchev–Trinajstić information content (AvgIpc) is 3.54. The van der Waals surface area contributed by atoms with Gasteiger partial charge < -0.3 is 10.5 Å². The monoisotopic (exact) mass is 476 g/mol. The molecule has 0 saturated heterocycles. The minimum Gasteiger partial charge on any atom is -0.438 e. The third-order valence-electron chi connectivity index (χ3n) is 6.79. The first-order chi connectivity index (χ1) is 17.6. The number of rotatable bonds is 6. The number of aromatic nitrogens is 5. The summed E-state index contributed by atoms with van der Waals surface area (Å²) in [5.41, 5.74) is 12.4. The summed E-state index contributed by atoms with van der Waals surface area (Å²) in [7, 11) is 0. The Morgan fingerprint density at radius 1 is 1.08 bits per heavy atom. The second-order valence-corrected chi connectivity index (χ2v) is 8.91. The van der Waals surface area contributed by atoms with E-state index in [0.29, 0.717) is 5.65 Å². The third-order valence-corrected chi connectivity index (χ3v) is 6.79. The lowest BCUT2D eigenvalue weighted by atomic mass is 9.74. The van der Waals surface area contributed by atoms with Crippen molar-refractivity contribution in [2.45, 2.75) is 24.9 Å². The van der Waals surface area contributed by atoms with Crippen LogP contribution in [0.25, 0.3) is 45.5 Å². The highest BCUT2D eigenvalue weighted by Crippen LogP contribution is 2.45. The van der Waals surface area contributed by atoms with Crippen molar-refractivity contribution in [3.8, 4) is 33.8 Å². The summed E-state index contributed by atoms with van der Waals surface area (Å²) in [6, 6.07) is 21.9. The van der Waals surface area contributed by atoms with Crippen molar-refractivity contribution in [3.05, 3.63) is 90.8 Å². The number of hydrogen-bond donors (Lipinski definition) is 2. The lowest BCUT2D eigenvalue weighted by molar-refractivity contribution is -0.0489. The normalized spacial score (nSPS) is 14.3. The van der Waals surface area contributed by atoms with Gasteiger partial charge in [-0.25, -0.2) is 14.3 Å². The predicted molar refractivity (Wildman–Crippen MR) is 138 cm³/mol. The van der Waals surface area contributed by atoms with Crippen LogP contribution in [0.2, 0.25) is 0 Å². The quantitative estimate of drug-likeness (QED) is 0.333. The van der Waals surface area contributed by atoms with E-state index in [9.17, 15) is 4.79 Å². The molecular weight excluding hydrogens is 452 g/mol. The fourth-order valence-electron chi connectivity index (χ4n) is 4.87. The molecule has 6 rings (SSSR count). The van der Waals surface area contributed by atoms with Gasteiger partial charge in [0.15, 0.2) is 5.65 Å². The van der Waals surface area contributed by atoms with Gasteiger partial charge in [-0.3, -0.25) is 5.10 Å². The summed E-state index contributed by atoms with van der Waals surface area (Å²) in [6.07, 6.45) is 5.21. The van der Waals surface area contributed by atoms with Crippen molar-refractivity contribution < 1.29 is 9.53 Å². The second-order valence-electron chi connectivity index (χ2n) is 8.91. The zero-order valence-corrected chi connectivity index (χ0v) is 19.5. The van der Waals surface area contributed by atoms with Crippen LogP contribution < -0.4 is 5.73 Å². The van der Waals surface area contributed by atoms with Crippen molar-refractivity contribution >= 4 is 17.8 Å². The van der Waals surface area contributed by atoms with E-state index in [2.05, 4.69) is 16.8 Å². The number of nitrogens with two attached hydrogens (primary N) is 1. The van der Waals surface area contributed by atoms with Crippen LogP contribution in [-0.4, -0.2) is 30.9 Å². The summed E-state index contributed by atoms with van der Waals surface area (Å²) in [5, 5.41) is 12.0. The highest BCUT2D eigenvalue weighted by atomic mass is 16.6. The Bertz CT molecular complexity index is 1570. The topological polar surface area (TPSA) is 111 Å². The molecule has 0 spiro atoms. The second kappa shape index (κ2) is 8.49. The number of H-pyrrole nitrogens is 1. The maximum absolute atomic E-state index is 11.5. The fourth-order valence-corrected chi connectivity index (χ4v) is 4.87. The number of carbonyl (C=O) groups excluding carboxylic acids is 1. The highest BCUT2D eigenvalue weighted by molar-refractivity contribution is 5.87. The zero-order valence-electron chi connectivity index (χ0n) is 19.5. The summed E-state index contributed by atoms with van der Waals surface area (Å²) in [6.45, 7) is 3.93. The van der Waals surface area contributed by atoms with Gasteiger partial charge in [-0.15, -0.1) is 0 Å². The number of benzene rings is 2. The molecule has 0 atom stereocenters. The van der Waals surface area contributed by atoms with Crippen molar-refractivity contribution in [2.24, 2.45) is 5.73 Å². The third kappa shape index (κ3) is 3.54. The maximum Gasteiger partial charge on any atom is 0.405 e. The molecule has 0 aliphatic heterocycles. The van der Waals surface area contributed by atoms with E-state index in [1.54, 1.807) is 12.3 Å². The number of hydrogen-bond acceptors (Lipinski definition) is 5. The average molecular weight is 477 g/mol. The number of carbonyl (C=O) groups is 1. The number of aromatic amines is 1. The van der Waals surface area contributed by atoms with Crippen LogP contribution in [0.1, 0.15) is 30.5 Å². The maximum atomic E-state index is 11.5. The standard InChI is InChI=1S/C28H24N6O2/c1-2-21-17-22(23-13-16-30-32-23)26-31-24(25(34(26)33-21)19-7-4-3-5-8-19)18-9-11-20(12-10-18)28(14-6-15-28)36-27(29)35/h2-5,7-13,16-17H,1,6,14-15H2,(H2,29,35)(H,30,32). The van der Waals surface area contributed by atoms with Crippen LogP contribution in [0.5, 0.6) is 0 Å². The molecule has 0 radical (unpaired) electrons. The van der Waals surface area contributed by atoms with E-state index >= 15 is 0 Å². The first-order valence-corrected chi connectivity index (χ1v) is 11.8. The number of nitrogens with one attached hydrogen (secondary N) is 1. The largest absolute Gasteiger partial charge is 0.438 e. The minimum atomic E-state index is -0.749. The lowest BCUT2D eigenvalue weighted by Gasteiger charge is -2.40. The van der Waals surface area contributed by atoms with Gasteiger partial charge in [0.25, 0.3) is 0 Å². The van der Waals surface area contributed by atoms with Crippen molar-refractivity contribution in [3.63, 3.8) is 0 Å². The molecule has 5 aromatic rings. The molecule has 1 amide bonds. The molecule has 0 bridgehead atoms. The van der Waals surface area contributed by atoms with Crippen molar-refractivity contribution in [1.82, 2.24) is 24.8 Å². The molecule has 3 N–H and O–H groups in total. The van der Waals surface area contributed by atoms with Gasteiger partial charge in [-0.1, -0.05) is 61.2 Å². The fraction of sp³-hybridized carbons (Fsp3) is 0.143. The number of amides is 1. The molecule has 0 unspecified atom stereocenters. The zero-order chi connectivity index (χ0) is 24.7. The summed E-state index contributed by atoms with van der Waals surface area (Å²) in [5.74, 6) is 0. The summed E-state index contributed by atoms with van der Waals surface area (Å²) >= 11 is 0. The molecule has 8 heteroatoms. The molecule has 1 saturated carbocycles. The number of ether oxygens (including phenoxy) is 1. The summed E-state index contributed by atoms with van der Waals surface area (Å²) in [4.78, 5) is 16.6. The summed E-state index contributed by atoms with van der Waals surface area (Å²) < 4.78 is 7.39. The Labute approximate surface area is 207 Å². The van der Waals surface area contributed by atoms with Crippen molar-refractivity contribution in [2.75, 3.05) is 0 Å². The SMILES string of the molecule is C=Cc1cc(-c2ccn[nH]2)c2nc(-c3ccc(C4(OC(N)=O)CCC4)cc3)c(-c3ccccc3)n2n1. The van der Waals surface area contributed by atoms with Gasteiger partial charge >= 0.3 is 6.09 Å². The van der Waals surface area contributed by atoms with E-state index in [4.69, 9.17) is 20.6 Å². The van der Waals surface area contributed by atoms with Crippen LogP contribution >= 0.6 is 0 Å². The van der Waals surface area contributed by atoms with Gasteiger partial charge in [0.05, 0.1) is 17.1 Å². The molecule has 3 aromatic heterocycles. The first-order valence-electron chi connectivity index (χ1n) is 11.8. The van der Waals surface area contributed by atoms with Crippen molar-refractivity contribution in [1.29, 1.82) is 0 Å². The Morgan fingerprint density at radius 3 is 2.47 bits per heavy atom. The van der Waals surface area contributed by atoms with E-state index in [0.717, 1.165) is 64.3 Å². The Morgan fingerprint density at radius 2 is 1.86 bits per heavy atom. The highest BCUT2D eigenvalue weighted by Gasteiger charge is 2.42. The molecule has 8 nitrogen and oxygen atoms in total. The molecule has 3 heterocycles. The van der Waals surface area contributed by atoms with Crippen LogP contribution in [-0.2, 0) is 10.3 Å². The molecule has 1 fully saturated rings. The van der Waals surface area contributed by atoms with Crippen LogP contribution in [0.15, 0.2) is 79.5 Å². The Balaban J connectivity index is 1.56. The number of fused-ring (bicyclic) bond motifs is 1. The molecular formula is C28H24N6O2. The van der Waals surface area contributed by atoms with Crippen LogP contribution in [0, 0.1) is 0 Å². The predicted octanol–water partition coefficient (Wildman–Crippen LogP) is 5.57. The molecule has 36 heavy (non-hydrogen) atoms. The number of imidazole rings is 1. The smallest absolute Gasteiger partial charge is 0.405 e. The number of primary amides is 1. The van der Waals surface area contributed by atoms with Gasteiger partial charge in [0.1, 0.15) is 11.3 Å². The van der Waals surface area contributed by atoms with Gasteiger partial charge in [-0.2, -0.15) is 10.2 Å². The van der Waals surface area contributed by atoms with E-state index in [-0.39, 0.29) is 0 Å². The van der Waals surface area contributed by atoms with Gasteiger partial charge in [0, 0.05) is 22.9 Å². The number of nitrogens with zero attached hydrogens (tertiary/aromatic N) is 4. The minimum absolute atomic E-state index is 0.639. The van der Waals surface area contributed by atoms with Crippen LogP contribution in [0.3, 0.4) is 0 Å². The molecule has 1 aliphatic carbocycles.